The molecule has 0 radical (unpaired) electrons. The van der Waals surface area contributed by atoms with Crippen molar-refractivity contribution in [1.29, 1.82) is 0 Å². The zero-order chi connectivity index (χ0) is 10.8. The second-order valence-electron chi connectivity index (χ2n) is 3.60. The standard InChI is InChI=1S/C12H14O3/c1-3-5-9-11(13)8-6-4-7-10(14-2)12(8)15-9/h4,6-7,9H,3,5H2,1-2H3. The highest BCUT2D eigenvalue weighted by molar-refractivity contribution is 6.05. The Hall–Kier alpha value is -1.51. The van der Waals surface area contributed by atoms with Gasteiger partial charge in [0, 0.05) is 0 Å². The number of methoxy groups -OCH3 is 1. The lowest BCUT2D eigenvalue weighted by Crippen LogP contribution is -2.19. The zero-order valence-corrected chi connectivity index (χ0v) is 8.95. The molecule has 0 aromatic heterocycles. The van der Waals surface area contributed by atoms with Crippen molar-refractivity contribution in [3.63, 3.8) is 0 Å². The minimum absolute atomic E-state index is 0.0748. The fraction of sp³-hybridized carbons (Fsp3) is 0.417. The number of ketones is 1. The molecule has 0 saturated carbocycles. The van der Waals surface area contributed by atoms with Crippen LogP contribution in [0, 0.1) is 0 Å². The van der Waals surface area contributed by atoms with Crippen molar-refractivity contribution in [2.24, 2.45) is 0 Å². The number of rotatable bonds is 3. The highest BCUT2D eigenvalue weighted by Gasteiger charge is 2.33. The van der Waals surface area contributed by atoms with Crippen molar-refractivity contribution in [1.82, 2.24) is 0 Å². The zero-order valence-electron chi connectivity index (χ0n) is 8.95. The number of hydrogen-bond donors (Lipinski definition) is 0. The Kier molecular flexibility index (Phi) is 2.62. The van der Waals surface area contributed by atoms with Crippen LogP contribution in [0.3, 0.4) is 0 Å². The third kappa shape index (κ3) is 1.58. The van der Waals surface area contributed by atoms with Crippen molar-refractivity contribution in [3.8, 4) is 11.5 Å². The van der Waals surface area contributed by atoms with Gasteiger partial charge in [0.1, 0.15) is 0 Å². The summed E-state index contributed by atoms with van der Waals surface area (Å²) in [7, 11) is 1.58. The van der Waals surface area contributed by atoms with E-state index in [2.05, 4.69) is 0 Å². The second-order valence-corrected chi connectivity index (χ2v) is 3.60. The van der Waals surface area contributed by atoms with Gasteiger partial charge in [-0.2, -0.15) is 0 Å². The van der Waals surface area contributed by atoms with Gasteiger partial charge in [-0.15, -0.1) is 0 Å². The monoisotopic (exact) mass is 206 g/mol. The van der Waals surface area contributed by atoms with Crippen molar-refractivity contribution in [2.75, 3.05) is 7.11 Å². The Morgan fingerprint density at radius 2 is 2.27 bits per heavy atom. The summed E-state index contributed by atoms with van der Waals surface area (Å²) in [5, 5.41) is 0. The average Bonchev–Trinajstić information content (AvgIpc) is 2.57. The predicted octanol–water partition coefficient (Wildman–Crippen LogP) is 2.44. The van der Waals surface area contributed by atoms with Crippen molar-refractivity contribution >= 4 is 5.78 Å². The molecule has 1 heterocycles. The predicted molar refractivity (Wildman–Crippen MR) is 56.6 cm³/mol. The van der Waals surface area contributed by atoms with Crippen LogP contribution in [0.5, 0.6) is 11.5 Å². The number of para-hydroxylation sites is 1. The molecule has 0 saturated heterocycles. The van der Waals surface area contributed by atoms with E-state index in [1.165, 1.54) is 0 Å². The summed E-state index contributed by atoms with van der Waals surface area (Å²) < 4.78 is 10.8. The lowest BCUT2D eigenvalue weighted by molar-refractivity contribution is 0.0843. The van der Waals surface area contributed by atoms with Crippen LogP contribution >= 0.6 is 0 Å². The van der Waals surface area contributed by atoms with Crippen LogP contribution < -0.4 is 9.47 Å². The second kappa shape index (κ2) is 3.93. The van der Waals surface area contributed by atoms with Gasteiger partial charge in [-0.05, 0) is 18.6 Å². The van der Waals surface area contributed by atoms with Crippen LogP contribution in [0.2, 0.25) is 0 Å². The summed E-state index contributed by atoms with van der Waals surface area (Å²) in [5.41, 5.74) is 0.646. The molecule has 2 rings (SSSR count). The number of carbonyl (C=O) groups excluding carboxylic acids is 1. The quantitative estimate of drug-likeness (QED) is 0.762. The Balaban J connectivity index is 2.35. The van der Waals surface area contributed by atoms with E-state index in [4.69, 9.17) is 9.47 Å². The molecule has 1 aromatic rings. The van der Waals surface area contributed by atoms with E-state index < -0.39 is 0 Å². The van der Waals surface area contributed by atoms with Gasteiger partial charge in [-0.25, -0.2) is 0 Å². The highest BCUT2D eigenvalue weighted by Crippen LogP contribution is 2.38. The van der Waals surface area contributed by atoms with E-state index in [1.807, 2.05) is 13.0 Å². The summed E-state index contributed by atoms with van der Waals surface area (Å²) in [4.78, 5) is 11.9. The largest absolute Gasteiger partial charge is 0.493 e. The van der Waals surface area contributed by atoms with Crippen LogP contribution in [0.15, 0.2) is 18.2 Å². The molecule has 1 aliphatic heterocycles. The molecule has 3 heteroatoms. The summed E-state index contributed by atoms with van der Waals surface area (Å²) in [6.45, 7) is 2.04. The molecule has 80 valence electrons. The molecule has 0 aliphatic carbocycles. The van der Waals surface area contributed by atoms with Gasteiger partial charge in [0.15, 0.2) is 17.6 Å². The number of Topliss-reactive ketones (excluding diaryl/α,β-unsaturated/α-hetero) is 1. The van der Waals surface area contributed by atoms with Gasteiger partial charge in [0.25, 0.3) is 0 Å². The fourth-order valence-corrected chi connectivity index (χ4v) is 1.81. The third-order valence-electron chi connectivity index (χ3n) is 2.57. The van der Waals surface area contributed by atoms with Crippen LogP contribution in [0.4, 0.5) is 0 Å². The first-order valence-electron chi connectivity index (χ1n) is 5.15. The van der Waals surface area contributed by atoms with Crippen LogP contribution in [0.25, 0.3) is 0 Å². The minimum Gasteiger partial charge on any atom is -0.493 e. The lowest BCUT2D eigenvalue weighted by Gasteiger charge is -2.08. The molecule has 0 bridgehead atoms. The first-order valence-corrected chi connectivity index (χ1v) is 5.15. The molecule has 1 aromatic carbocycles. The van der Waals surface area contributed by atoms with Gasteiger partial charge in [-0.1, -0.05) is 19.4 Å². The number of benzene rings is 1. The molecule has 0 fully saturated rings. The Morgan fingerprint density at radius 1 is 1.47 bits per heavy atom. The van der Waals surface area contributed by atoms with Crippen LogP contribution in [0.1, 0.15) is 30.1 Å². The topological polar surface area (TPSA) is 35.5 Å². The van der Waals surface area contributed by atoms with E-state index in [-0.39, 0.29) is 11.9 Å². The number of carbonyl (C=O) groups is 1. The summed E-state index contributed by atoms with van der Waals surface area (Å²) in [6.07, 6.45) is 1.38. The molecule has 15 heavy (non-hydrogen) atoms. The number of hydrogen-bond acceptors (Lipinski definition) is 3. The van der Waals surface area contributed by atoms with Gasteiger partial charge in [-0.3, -0.25) is 4.79 Å². The van der Waals surface area contributed by atoms with Gasteiger partial charge >= 0.3 is 0 Å². The summed E-state index contributed by atoms with van der Waals surface area (Å²) in [6, 6.07) is 5.41. The van der Waals surface area contributed by atoms with Crippen LogP contribution in [-0.4, -0.2) is 19.0 Å². The molecule has 0 N–H and O–H groups in total. The SMILES string of the molecule is CCCC1Oc2c(OC)cccc2C1=O. The molecule has 3 nitrogen and oxygen atoms in total. The summed E-state index contributed by atoms with van der Waals surface area (Å²) >= 11 is 0. The first kappa shape index (κ1) is 10.0. The van der Waals surface area contributed by atoms with E-state index in [1.54, 1.807) is 19.2 Å². The maximum absolute atomic E-state index is 11.9. The van der Waals surface area contributed by atoms with Gasteiger partial charge in [0.2, 0.25) is 5.78 Å². The maximum atomic E-state index is 11.9. The normalized spacial score (nSPS) is 18.5. The Labute approximate surface area is 89.0 Å². The Bertz CT molecular complexity index is 384. The maximum Gasteiger partial charge on any atom is 0.207 e. The molecular weight excluding hydrogens is 192 g/mol. The molecule has 1 aliphatic rings. The highest BCUT2D eigenvalue weighted by atomic mass is 16.5. The van der Waals surface area contributed by atoms with E-state index in [0.29, 0.717) is 17.1 Å². The minimum atomic E-state index is -0.318. The average molecular weight is 206 g/mol. The van der Waals surface area contributed by atoms with E-state index in [9.17, 15) is 4.79 Å². The molecular formula is C12H14O3. The molecule has 0 amide bonds. The van der Waals surface area contributed by atoms with E-state index >= 15 is 0 Å². The van der Waals surface area contributed by atoms with Crippen molar-refractivity contribution in [3.05, 3.63) is 23.8 Å². The molecule has 0 spiro atoms. The van der Waals surface area contributed by atoms with Crippen molar-refractivity contribution in [2.45, 2.75) is 25.9 Å². The fourth-order valence-electron chi connectivity index (χ4n) is 1.81. The first-order chi connectivity index (χ1) is 7.27. The molecule has 1 atom stereocenters. The van der Waals surface area contributed by atoms with Crippen LogP contribution in [-0.2, 0) is 0 Å². The van der Waals surface area contributed by atoms with Gasteiger partial charge in [0.05, 0.1) is 12.7 Å². The molecule has 1 unspecified atom stereocenters. The lowest BCUT2D eigenvalue weighted by atomic mass is 10.1. The summed E-state index contributed by atoms with van der Waals surface area (Å²) in [5.74, 6) is 1.31. The van der Waals surface area contributed by atoms with Gasteiger partial charge < -0.3 is 9.47 Å². The number of ether oxygens (including phenoxy) is 2. The van der Waals surface area contributed by atoms with E-state index in [0.717, 1.165) is 12.8 Å². The number of fused-ring (bicyclic) bond motifs is 1. The smallest absolute Gasteiger partial charge is 0.207 e. The Morgan fingerprint density at radius 3 is 2.93 bits per heavy atom. The van der Waals surface area contributed by atoms with Crippen molar-refractivity contribution < 1.29 is 14.3 Å². The third-order valence-corrected chi connectivity index (χ3v) is 2.57.